The van der Waals surface area contributed by atoms with Crippen LogP contribution in [0.2, 0.25) is 0 Å². The topological polar surface area (TPSA) is 112 Å². The van der Waals surface area contributed by atoms with Crippen molar-refractivity contribution in [3.8, 4) is 17.1 Å². The number of benzene rings is 1. The molecule has 4 aromatic rings. The number of nitrogens with zero attached hydrogens (tertiary/aromatic N) is 6. The molecular formula is C23H25N7O2S. The van der Waals surface area contributed by atoms with Crippen LogP contribution in [0.3, 0.4) is 0 Å². The van der Waals surface area contributed by atoms with Crippen LogP contribution >= 0.6 is 11.8 Å². The van der Waals surface area contributed by atoms with Gasteiger partial charge in [0.05, 0.1) is 5.75 Å². The minimum Gasteiger partial charge on any atom is -0.343 e. The van der Waals surface area contributed by atoms with Crippen LogP contribution < -0.4 is 5.32 Å². The third kappa shape index (κ3) is 5.28. The van der Waals surface area contributed by atoms with Crippen LogP contribution in [-0.2, 0) is 4.79 Å². The first kappa shape index (κ1) is 22.7. The molecule has 1 aromatic carbocycles. The number of rotatable bonds is 8. The molecule has 10 heteroatoms. The highest BCUT2D eigenvalue weighted by Gasteiger charge is 2.25. The Morgan fingerprint density at radius 3 is 2.67 bits per heavy atom. The van der Waals surface area contributed by atoms with Crippen molar-refractivity contribution >= 4 is 17.7 Å². The molecule has 9 nitrogen and oxygen atoms in total. The number of hydrogen-bond acceptors (Lipinski definition) is 8. The fourth-order valence-corrected chi connectivity index (χ4v) is 3.95. The van der Waals surface area contributed by atoms with Crippen LogP contribution in [0, 0.1) is 19.8 Å². The Morgan fingerprint density at radius 1 is 1.15 bits per heavy atom. The summed E-state index contributed by atoms with van der Waals surface area (Å²) in [5, 5.41) is 15.9. The predicted molar refractivity (Wildman–Crippen MR) is 125 cm³/mol. The molecule has 1 N–H and O–H groups in total. The Morgan fingerprint density at radius 2 is 1.94 bits per heavy atom. The molecule has 33 heavy (non-hydrogen) atoms. The van der Waals surface area contributed by atoms with E-state index in [1.165, 1.54) is 22.9 Å². The highest BCUT2D eigenvalue weighted by atomic mass is 32.2. The number of amides is 1. The Kier molecular flexibility index (Phi) is 6.83. The molecule has 0 aliphatic heterocycles. The van der Waals surface area contributed by atoms with Gasteiger partial charge in [-0.2, -0.15) is 4.98 Å². The van der Waals surface area contributed by atoms with Gasteiger partial charge in [-0.25, -0.2) is 0 Å². The van der Waals surface area contributed by atoms with Crippen molar-refractivity contribution in [3.63, 3.8) is 0 Å². The van der Waals surface area contributed by atoms with Gasteiger partial charge >= 0.3 is 0 Å². The minimum absolute atomic E-state index is 0.0591. The molecule has 0 fully saturated rings. The van der Waals surface area contributed by atoms with Gasteiger partial charge in [-0.3, -0.25) is 14.3 Å². The number of thioether (sulfide) groups is 1. The first-order valence-electron chi connectivity index (χ1n) is 10.6. The molecule has 170 valence electrons. The lowest BCUT2D eigenvalue weighted by Gasteiger charge is -2.18. The zero-order valence-corrected chi connectivity index (χ0v) is 19.7. The number of carbonyl (C=O) groups excluding carboxylic acids is 1. The molecule has 1 amide bonds. The zero-order chi connectivity index (χ0) is 23.4. The molecule has 1 unspecified atom stereocenters. The smallest absolute Gasteiger partial charge is 0.249 e. The molecule has 0 saturated carbocycles. The Labute approximate surface area is 196 Å². The van der Waals surface area contributed by atoms with Crippen LogP contribution in [0.1, 0.15) is 36.9 Å². The maximum Gasteiger partial charge on any atom is 0.249 e. The largest absolute Gasteiger partial charge is 0.343 e. The van der Waals surface area contributed by atoms with E-state index in [0.717, 1.165) is 11.3 Å². The summed E-state index contributed by atoms with van der Waals surface area (Å²) in [4.78, 5) is 21.2. The molecule has 0 aliphatic carbocycles. The average Bonchev–Trinajstić information content (AvgIpc) is 3.48. The van der Waals surface area contributed by atoms with Crippen molar-refractivity contribution in [3.05, 3.63) is 66.1 Å². The molecule has 0 radical (unpaired) electrons. The Balaban J connectivity index is 1.42. The lowest BCUT2D eigenvalue weighted by Crippen LogP contribution is -2.33. The van der Waals surface area contributed by atoms with Gasteiger partial charge in [0.2, 0.25) is 17.6 Å². The summed E-state index contributed by atoms with van der Waals surface area (Å²) >= 11 is 1.32. The fraction of sp³-hybridized carbons (Fsp3) is 0.304. The van der Waals surface area contributed by atoms with E-state index in [2.05, 4.69) is 56.6 Å². The lowest BCUT2D eigenvalue weighted by molar-refractivity contribution is -0.119. The zero-order valence-electron chi connectivity index (χ0n) is 18.9. The summed E-state index contributed by atoms with van der Waals surface area (Å²) in [5.74, 6) is 0.912. The first-order valence-corrected chi connectivity index (χ1v) is 11.5. The number of carbonyl (C=O) groups is 1. The summed E-state index contributed by atoms with van der Waals surface area (Å²) < 4.78 is 7.34. The average molecular weight is 464 g/mol. The van der Waals surface area contributed by atoms with Gasteiger partial charge in [-0.05, 0) is 55.2 Å². The van der Waals surface area contributed by atoms with Crippen molar-refractivity contribution in [1.82, 2.24) is 35.2 Å². The van der Waals surface area contributed by atoms with Crippen LogP contribution in [0.5, 0.6) is 0 Å². The van der Waals surface area contributed by atoms with Gasteiger partial charge in [0.1, 0.15) is 12.4 Å². The lowest BCUT2D eigenvalue weighted by atomic mass is 10.0. The van der Waals surface area contributed by atoms with E-state index in [0.29, 0.717) is 16.9 Å². The van der Waals surface area contributed by atoms with E-state index < -0.39 is 6.04 Å². The third-order valence-corrected chi connectivity index (χ3v) is 6.19. The number of pyridine rings is 1. The van der Waals surface area contributed by atoms with Gasteiger partial charge in [0.15, 0.2) is 5.16 Å². The number of aromatic nitrogens is 6. The fourth-order valence-electron chi connectivity index (χ4n) is 3.21. The minimum atomic E-state index is -0.404. The highest BCUT2D eigenvalue weighted by molar-refractivity contribution is 7.99. The second kappa shape index (κ2) is 9.95. The second-order valence-corrected chi connectivity index (χ2v) is 8.96. The highest BCUT2D eigenvalue weighted by Crippen LogP contribution is 2.25. The van der Waals surface area contributed by atoms with Crippen molar-refractivity contribution in [1.29, 1.82) is 0 Å². The molecule has 0 saturated heterocycles. The van der Waals surface area contributed by atoms with E-state index in [1.54, 1.807) is 30.9 Å². The summed E-state index contributed by atoms with van der Waals surface area (Å²) in [6.07, 6.45) is 4.99. The van der Waals surface area contributed by atoms with Gasteiger partial charge in [-0.1, -0.05) is 36.8 Å². The maximum absolute atomic E-state index is 12.8. The molecule has 3 aromatic heterocycles. The number of aryl methyl sites for hydroxylation is 2. The first-order chi connectivity index (χ1) is 15.9. The van der Waals surface area contributed by atoms with E-state index in [-0.39, 0.29) is 17.6 Å². The summed E-state index contributed by atoms with van der Waals surface area (Å²) in [6.45, 7) is 8.11. The summed E-state index contributed by atoms with van der Waals surface area (Å²) in [5.41, 5.74) is 4.16. The number of hydrogen-bond donors (Lipinski definition) is 1. The standard InChI is InChI=1S/C23H25N7O2S/c1-14(2)20(22-27-21(29-32-22)17-7-9-24-10-8-17)26-19(31)12-33-23-28-25-13-30(23)18-6-5-15(3)16(4)11-18/h5-11,13-14,20H,12H2,1-4H3,(H,26,31). The third-order valence-electron chi connectivity index (χ3n) is 5.25. The van der Waals surface area contributed by atoms with Crippen molar-refractivity contribution in [2.45, 2.75) is 38.9 Å². The SMILES string of the molecule is Cc1ccc(-n2cnnc2SCC(=O)NC(c2nc(-c3ccncc3)no2)C(C)C)cc1C. The van der Waals surface area contributed by atoms with Crippen molar-refractivity contribution in [2.75, 3.05) is 5.75 Å². The molecule has 1 atom stereocenters. The Bertz CT molecular complexity index is 1240. The van der Waals surface area contributed by atoms with Crippen LogP contribution in [-0.4, -0.2) is 41.5 Å². The van der Waals surface area contributed by atoms with Crippen molar-refractivity contribution in [2.24, 2.45) is 5.92 Å². The van der Waals surface area contributed by atoms with Gasteiger partial charge in [-0.15, -0.1) is 10.2 Å². The van der Waals surface area contributed by atoms with Gasteiger partial charge < -0.3 is 9.84 Å². The van der Waals surface area contributed by atoms with Crippen LogP contribution in [0.4, 0.5) is 0 Å². The molecule has 0 aliphatic rings. The molecule has 3 heterocycles. The van der Waals surface area contributed by atoms with Crippen LogP contribution in [0.25, 0.3) is 17.1 Å². The van der Waals surface area contributed by atoms with E-state index in [1.807, 2.05) is 24.5 Å². The van der Waals surface area contributed by atoms with Gasteiger partial charge in [0.25, 0.3) is 0 Å². The monoisotopic (exact) mass is 463 g/mol. The molecule has 4 rings (SSSR count). The maximum atomic E-state index is 12.8. The van der Waals surface area contributed by atoms with Crippen LogP contribution in [0.15, 0.2) is 58.7 Å². The quantitative estimate of drug-likeness (QED) is 0.391. The van der Waals surface area contributed by atoms with E-state index >= 15 is 0 Å². The summed E-state index contributed by atoms with van der Waals surface area (Å²) in [6, 6.07) is 9.36. The number of nitrogens with one attached hydrogen (secondary N) is 1. The molecular weight excluding hydrogens is 438 g/mol. The second-order valence-electron chi connectivity index (χ2n) is 8.02. The van der Waals surface area contributed by atoms with E-state index in [9.17, 15) is 4.79 Å². The Hall–Kier alpha value is -3.53. The molecule has 0 spiro atoms. The van der Waals surface area contributed by atoms with Crippen molar-refractivity contribution < 1.29 is 9.32 Å². The molecule has 0 bridgehead atoms. The predicted octanol–water partition coefficient (Wildman–Crippen LogP) is 3.93. The normalized spacial score (nSPS) is 12.2. The van der Waals surface area contributed by atoms with Gasteiger partial charge in [0, 0.05) is 23.6 Å². The van der Waals surface area contributed by atoms with E-state index in [4.69, 9.17) is 4.52 Å². The summed E-state index contributed by atoms with van der Waals surface area (Å²) in [7, 11) is 0.